The van der Waals surface area contributed by atoms with E-state index in [-0.39, 0.29) is 23.1 Å². The first-order chi connectivity index (χ1) is 8.90. The number of benzene rings is 1. The Labute approximate surface area is 110 Å². The normalized spacial score (nSPS) is 12.2. The van der Waals surface area contributed by atoms with Crippen molar-refractivity contribution in [2.75, 3.05) is 5.32 Å². The third kappa shape index (κ3) is 4.71. The average molecular weight is 261 g/mol. The molecule has 0 aliphatic heterocycles. The number of allylic oxidation sites excluding steroid dienone is 2. The molecule has 0 saturated carbocycles. The number of amides is 1. The molecule has 1 amide bonds. The van der Waals surface area contributed by atoms with E-state index in [1.165, 1.54) is 20.8 Å². The summed E-state index contributed by atoms with van der Waals surface area (Å²) < 4.78 is 0. The predicted octanol–water partition coefficient (Wildman–Crippen LogP) is 3.11. The lowest BCUT2D eigenvalue weighted by Gasteiger charge is -2.01. The molecule has 0 radical (unpaired) electrons. The van der Waals surface area contributed by atoms with Gasteiger partial charge in [0.15, 0.2) is 11.5 Å². The Hall–Kier alpha value is -2.50. The van der Waals surface area contributed by atoms with Crippen LogP contribution in [0.1, 0.15) is 20.8 Å². The number of azo groups is 1. The average Bonchev–Trinajstić information content (AvgIpc) is 2.29. The summed E-state index contributed by atoms with van der Waals surface area (Å²) in [5, 5.41) is 19.4. The number of carbonyl (C=O) groups is 2. The largest absolute Gasteiger partial charge is 0.510 e. The molecule has 2 N–H and O–H groups in total. The second-order valence-corrected chi connectivity index (χ2v) is 3.92. The molecular formula is C13H15N3O3. The summed E-state index contributed by atoms with van der Waals surface area (Å²) in [6.45, 7) is 4.09. The van der Waals surface area contributed by atoms with Crippen molar-refractivity contribution in [3.63, 3.8) is 0 Å². The van der Waals surface area contributed by atoms with E-state index in [1.807, 2.05) is 0 Å². The summed E-state index contributed by atoms with van der Waals surface area (Å²) in [6, 6.07) is 6.61. The molecule has 0 spiro atoms. The van der Waals surface area contributed by atoms with E-state index in [0.717, 1.165) is 0 Å². The highest BCUT2D eigenvalue weighted by atomic mass is 16.3. The summed E-state index contributed by atoms with van der Waals surface area (Å²) in [5.74, 6) is -0.697. The zero-order chi connectivity index (χ0) is 14.4. The minimum Gasteiger partial charge on any atom is -0.510 e. The van der Waals surface area contributed by atoms with Crippen LogP contribution in [0.15, 0.2) is 46.0 Å². The van der Waals surface area contributed by atoms with Gasteiger partial charge in [-0.05, 0) is 31.2 Å². The molecule has 100 valence electrons. The molecule has 6 heteroatoms. The molecule has 0 heterocycles. The highest BCUT2D eigenvalue weighted by Crippen LogP contribution is 2.18. The van der Waals surface area contributed by atoms with Crippen LogP contribution in [-0.4, -0.2) is 16.8 Å². The van der Waals surface area contributed by atoms with Gasteiger partial charge in [-0.15, -0.1) is 5.11 Å². The Morgan fingerprint density at radius 2 is 1.68 bits per heavy atom. The van der Waals surface area contributed by atoms with Crippen molar-refractivity contribution in [1.82, 2.24) is 0 Å². The summed E-state index contributed by atoms with van der Waals surface area (Å²) in [7, 11) is 0. The van der Waals surface area contributed by atoms with Gasteiger partial charge in [0.25, 0.3) is 0 Å². The van der Waals surface area contributed by atoms with E-state index in [1.54, 1.807) is 24.3 Å². The molecule has 19 heavy (non-hydrogen) atoms. The Balaban J connectivity index is 2.86. The number of nitrogens with zero attached hydrogens (tertiary/aromatic N) is 2. The smallest absolute Gasteiger partial charge is 0.221 e. The lowest BCUT2D eigenvalue weighted by molar-refractivity contribution is -0.114. The van der Waals surface area contributed by atoms with E-state index in [0.29, 0.717) is 11.4 Å². The first kappa shape index (κ1) is 14.6. The van der Waals surface area contributed by atoms with E-state index < -0.39 is 0 Å². The lowest BCUT2D eigenvalue weighted by Crippen LogP contribution is -2.04. The maximum Gasteiger partial charge on any atom is 0.221 e. The Bertz CT molecular complexity index is 541. The van der Waals surface area contributed by atoms with Crippen LogP contribution in [0.3, 0.4) is 0 Å². The standard InChI is InChI=1S/C13H15N3O3/c1-8(17)13(9(2)18)16-15-12-6-4-11(5-7-12)14-10(3)19/h4-7,17H,1-3H3,(H,14,19)/b13-8+,16-15?. The zero-order valence-electron chi connectivity index (χ0n) is 11.0. The Morgan fingerprint density at radius 3 is 2.11 bits per heavy atom. The minimum absolute atomic E-state index is 0.0778. The molecule has 0 unspecified atom stereocenters. The van der Waals surface area contributed by atoms with Crippen molar-refractivity contribution in [3.8, 4) is 0 Å². The fourth-order valence-electron chi connectivity index (χ4n) is 1.32. The van der Waals surface area contributed by atoms with Crippen LogP contribution in [0.5, 0.6) is 0 Å². The first-order valence-corrected chi connectivity index (χ1v) is 5.60. The Kier molecular flexibility index (Phi) is 4.93. The predicted molar refractivity (Wildman–Crippen MR) is 71.3 cm³/mol. The molecule has 0 bridgehead atoms. The topological polar surface area (TPSA) is 91.1 Å². The van der Waals surface area contributed by atoms with Crippen LogP contribution >= 0.6 is 0 Å². The van der Waals surface area contributed by atoms with Crippen molar-refractivity contribution in [2.45, 2.75) is 20.8 Å². The van der Waals surface area contributed by atoms with Crippen LogP contribution in [0.2, 0.25) is 0 Å². The van der Waals surface area contributed by atoms with Crippen molar-refractivity contribution in [2.24, 2.45) is 10.2 Å². The van der Waals surface area contributed by atoms with Gasteiger partial charge >= 0.3 is 0 Å². The van der Waals surface area contributed by atoms with Crippen LogP contribution in [-0.2, 0) is 9.59 Å². The van der Waals surface area contributed by atoms with Gasteiger partial charge in [-0.3, -0.25) is 9.59 Å². The molecule has 0 aliphatic carbocycles. The van der Waals surface area contributed by atoms with Gasteiger partial charge in [-0.1, -0.05) is 0 Å². The molecule has 6 nitrogen and oxygen atoms in total. The van der Waals surface area contributed by atoms with E-state index in [9.17, 15) is 14.7 Å². The maximum atomic E-state index is 11.2. The van der Waals surface area contributed by atoms with Crippen molar-refractivity contribution >= 4 is 23.1 Å². The van der Waals surface area contributed by atoms with Gasteiger partial charge in [-0.2, -0.15) is 5.11 Å². The van der Waals surface area contributed by atoms with Crippen molar-refractivity contribution < 1.29 is 14.7 Å². The molecule has 0 fully saturated rings. The SMILES string of the molecule is CC(=O)Nc1ccc(N=N/C(C(C)=O)=C(\C)O)cc1. The monoisotopic (exact) mass is 261 g/mol. The summed E-state index contributed by atoms with van der Waals surface area (Å²) in [4.78, 5) is 22.0. The van der Waals surface area contributed by atoms with Crippen LogP contribution in [0, 0.1) is 0 Å². The number of rotatable bonds is 4. The second kappa shape index (κ2) is 6.44. The summed E-state index contributed by atoms with van der Waals surface area (Å²) >= 11 is 0. The quantitative estimate of drug-likeness (QED) is 0.495. The van der Waals surface area contributed by atoms with Gasteiger partial charge < -0.3 is 10.4 Å². The van der Waals surface area contributed by atoms with Crippen molar-refractivity contribution in [1.29, 1.82) is 0 Å². The lowest BCUT2D eigenvalue weighted by atomic mass is 10.3. The van der Waals surface area contributed by atoms with Gasteiger partial charge in [0.05, 0.1) is 5.69 Å². The maximum absolute atomic E-state index is 11.2. The van der Waals surface area contributed by atoms with Crippen LogP contribution in [0.4, 0.5) is 11.4 Å². The summed E-state index contributed by atoms with van der Waals surface area (Å²) in [6.07, 6.45) is 0. The molecule has 0 aliphatic rings. The number of aliphatic hydroxyl groups excluding tert-OH is 1. The number of nitrogens with one attached hydrogen (secondary N) is 1. The molecule has 1 aromatic rings. The fraction of sp³-hybridized carbons (Fsp3) is 0.231. The summed E-state index contributed by atoms with van der Waals surface area (Å²) in [5.41, 5.74) is 1.08. The number of anilines is 1. The molecular weight excluding hydrogens is 246 g/mol. The fourth-order valence-corrected chi connectivity index (χ4v) is 1.32. The Morgan fingerprint density at radius 1 is 1.11 bits per heavy atom. The number of hydrogen-bond acceptors (Lipinski definition) is 5. The van der Waals surface area contributed by atoms with E-state index in [4.69, 9.17) is 0 Å². The molecule has 0 atom stereocenters. The minimum atomic E-state index is -0.362. The molecule has 0 aromatic heterocycles. The van der Waals surface area contributed by atoms with Crippen LogP contribution in [0.25, 0.3) is 0 Å². The number of carbonyl (C=O) groups excluding carboxylic acids is 2. The first-order valence-electron chi connectivity index (χ1n) is 5.60. The molecule has 1 rings (SSSR count). The highest BCUT2D eigenvalue weighted by molar-refractivity contribution is 5.93. The second-order valence-electron chi connectivity index (χ2n) is 3.92. The van der Waals surface area contributed by atoms with Gasteiger partial charge in [0.1, 0.15) is 5.76 Å². The highest BCUT2D eigenvalue weighted by Gasteiger charge is 2.06. The zero-order valence-corrected chi connectivity index (χ0v) is 11.0. The number of ketones is 1. The van der Waals surface area contributed by atoms with E-state index in [2.05, 4.69) is 15.5 Å². The molecule has 1 aromatic carbocycles. The van der Waals surface area contributed by atoms with Gasteiger partial charge in [0, 0.05) is 19.5 Å². The van der Waals surface area contributed by atoms with Crippen LogP contribution < -0.4 is 5.32 Å². The van der Waals surface area contributed by atoms with Crippen molar-refractivity contribution in [3.05, 3.63) is 35.7 Å². The number of Topliss-reactive ketones (excluding diaryl/α,β-unsaturated/α-hetero) is 1. The third-order valence-corrected chi connectivity index (χ3v) is 2.13. The van der Waals surface area contributed by atoms with Gasteiger partial charge in [-0.25, -0.2) is 0 Å². The molecule has 0 saturated heterocycles. The van der Waals surface area contributed by atoms with E-state index >= 15 is 0 Å². The third-order valence-electron chi connectivity index (χ3n) is 2.13. The number of aliphatic hydroxyl groups is 1. The van der Waals surface area contributed by atoms with Gasteiger partial charge in [0.2, 0.25) is 5.91 Å². The number of hydrogen-bond donors (Lipinski definition) is 2.